The molecule has 8 nitrogen and oxygen atoms in total. The Morgan fingerprint density at radius 2 is 1.79 bits per heavy atom. The quantitative estimate of drug-likeness (QED) is 0.305. The van der Waals surface area contributed by atoms with Crippen LogP contribution >= 0.6 is 11.8 Å². The second-order valence-corrected chi connectivity index (χ2v) is 13.1. The van der Waals surface area contributed by atoms with E-state index in [0.717, 1.165) is 40.9 Å². The zero-order valence-corrected chi connectivity index (χ0v) is 25.0. The van der Waals surface area contributed by atoms with Gasteiger partial charge in [-0.15, -0.1) is 11.8 Å². The van der Waals surface area contributed by atoms with Gasteiger partial charge in [0, 0.05) is 29.1 Å². The fourth-order valence-electron chi connectivity index (χ4n) is 5.75. The van der Waals surface area contributed by atoms with Crippen LogP contribution in [-0.2, 0) is 29.0 Å². The predicted molar refractivity (Wildman–Crippen MR) is 166 cm³/mol. The third-order valence-electron chi connectivity index (χ3n) is 8.15. The van der Waals surface area contributed by atoms with Crippen molar-refractivity contribution in [3.8, 4) is 0 Å². The van der Waals surface area contributed by atoms with E-state index >= 15 is 0 Å². The molecule has 4 N–H and O–H groups in total. The summed E-state index contributed by atoms with van der Waals surface area (Å²) in [6.45, 7) is 6.95. The molecule has 0 saturated carbocycles. The van der Waals surface area contributed by atoms with Crippen LogP contribution in [0.4, 0.5) is 5.69 Å². The molecule has 1 saturated heterocycles. The van der Waals surface area contributed by atoms with Crippen LogP contribution in [0, 0.1) is 6.92 Å². The predicted octanol–water partition coefficient (Wildman–Crippen LogP) is 3.66. The van der Waals surface area contributed by atoms with Crippen molar-refractivity contribution < 1.29 is 19.5 Å². The highest BCUT2D eigenvalue weighted by molar-refractivity contribution is 8.00. The first kappa shape index (κ1) is 29.7. The Labute approximate surface area is 251 Å². The molecule has 0 aromatic heterocycles. The molecule has 0 bridgehead atoms. The lowest BCUT2D eigenvalue weighted by Crippen LogP contribution is -2.58. The molecule has 0 radical (unpaired) electrons. The Morgan fingerprint density at radius 1 is 1.05 bits per heavy atom. The summed E-state index contributed by atoms with van der Waals surface area (Å²) in [5.74, 6) is -0.933. The Bertz CT molecular complexity index is 1460. The largest absolute Gasteiger partial charge is 0.384 e. The molecule has 1 fully saturated rings. The molecule has 3 aromatic rings. The number of hydrogen-bond donors (Lipinski definition) is 4. The summed E-state index contributed by atoms with van der Waals surface area (Å²) in [4.78, 5) is 42.5. The maximum absolute atomic E-state index is 13.9. The fraction of sp³-hybridized carbons (Fsp3) is 0.364. The molecular weight excluding hydrogens is 548 g/mol. The van der Waals surface area contributed by atoms with Crippen molar-refractivity contribution in [3.63, 3.8) is 0 Å². The highest BCUT2D eigenvalue weighted by Crippen LogP contribution is 2.40. The van der Waals surface area contributed by atoms with Gasteiger partial charge in [0.05, 0.1) is 11.9 Å². The number of aliphatic hydroxyl groups is 1. The molecular formula is C33H38N4O4S. The number of anilines is 1. The van der Waals surface area contributed by atoms with E-state index in [2.05, 4.69) is 16.0 Å². The van der Waals surface area contributed by atoms with E-state index in [9.17, 15) is 19.5 Å². The number of thioether (sulfide) groups is 1. The summed E-state index contributed by atoms with van der Waals surface area (Å²) in [5.41, 5.74) is 5.33. The molecule has 3 atom stereocenters. The molecule has 3 amide bonds. The van der Waals surface area contributed by atoms with Crippen LogP contribution in [0.2, 0.25) is 0 Å². The molecule has 42 heavy (non-hydrogen) atoms. The number of carbonyl (C=O) groups is 3. The van der Waals surface area contributed by atoms with Crippen molar-refractivity contribution in [1.82, 2.24) is 15.5 Å². The van der Waals surface area contributed by atoms with Crippen molar-refractivity contribution in [2.75, 3.05) is 17.7 Å². The zero-order valence-electron chi connectivity index (χ0n) is 24.2. The Balaban J connectivity index is 1.36. The lowest BCUT2D eigenvalue weighted by atomic mass is 9.96. The first-order valence-electron chi connectivity index (χ1n) is 14.3. The summed E-state index contributed by atoms with van der Waals surface area (Å²) < 4.78 is -0.568. The standard InChI is InChI=1S/C33H38N4O4S/c1-21-10-7-8-13-23(21)19-35-31(40)29-33(2,3)42-20-37(29)32(41)28(38)27(18-22-11-5-4-6-12-22)36-30(39)25-14-9-15-26-24(25)16-17-34-26/h4-15,27-29,34,38H,16-20H2,1-3H3,(H,35,40)(H,36,39)/t27-,28-,29-/m0/s1. The van der Waals surface area contributed by atoms with E-state index in [0.29, 0.717) is 12.1 Å². The number of hydrogen-bond acceptors (Lipinski definition) is 6. The first-order chi connectivity index (χ1) is 20.2. The van der Waals surface area contributed by atoms with E-state index in [-0.39, 0.29) is 24.1 Å². The van der Waals surface area contributed by atoms with Gasteiger partial charge in [-0.1, -0.05) is 60.7 Å². The molecule has 2 aliphatic heterocycles. The zero-order chi connectivity index (χ0) is 29.9. The minimum atomic E-state index is -1.55. The SMILES string of the molecule is Cc1ccccc1CNC(=O)[C@@H]1N(C(=O)[C@@H](O)[C@H](Cc2ccccc2)NC(=O)c2cccc3c2CCN3)CSC1(C)C. The number of benzene rings is 3. The number of nitrogens with zero attached hydrogens (tertiary/aromatic N) is 1. The van der Waals surface area contributed by atoms with Crippen LogP contribution in [0.15, 0.2) is 72.8 Å². The number of rotatable bonds is 9. The van der Waals surface area contributed by atoms with Crippen LogP contribution in [0.5, 0.6) is 0 Å². The Kier molecular flexibility index (Phi) is 8.89. The van der Waals surface area contributed by atoms with Crippen molar-refractivity contribution in [2.24, 2.45) is 0 Å². The van der Waals surface area contributed by atoms with Gasteiger partial charge in [0.1, 0.15) is 6.04 Å². The third kappa shape index (κ3) is 6.32. The van der Waals surface area contributed by atoms with Gasteiger partial charge in [-0.2, -0.15) is 0 Å². The minimum Gasteiger partial charge on any atom is -0.384 e. The van der Waals surface area contributed by atoms with Crippen LogP contribution in [0.3, 0.4) is 0 Å². The molecule has 2 aliphatic rings. The van der Waals surface area contributed by atoms with Gasteiger partial charge in [-0.05, 0) is 68.0 Å². The van der Waals surface area contributed by atoms with Gasteiger partial charge < -0.3 is 26.0 Å². The van der Waals surface area contributed by atoms with Gasteiger partial charge in [0.2, 0.25) is 5.91 Å². The monoisotopic (exact) mass is 586 g/mol. The molecule has 3 aromatic carbocycles. The van der Waals surface area contributed by atoms with Crippen molar-refractivity contribution in [1.29, 1.82) is 0 Å². The van der Waals surface area contributed by atoms with Crippen LogP contribution < -0.4 is 16.0 Å². The van der Waals surface area contributed by atoms with Gasteiger partial charge >= 0.3 is 0 Å². The number of amides is 3. The van der Waals surface area contributed by atoms with E-state index in [1.54, 1.807) is 6.07 Å². The Hall–Kier alpha value is -3.82. The summed E-state index contributed by atoms with van der Waals surface area (Å²) in [6, 6.07) is 21.1. The molecule has 5 rings (SSSR count). The van der Waals surface area contributed by atoms with Crippen molar-refractivity contribution >= 4 is 35.2 Å². The van der Waals surface area contributed by atoms with Gasteiger partial charge in [0.15, 0.2) is 6.10 Å². The van der Waals surface area contributed by atoms with Crippen LogP contribution in [0.1, 0.15) is 46.5 Å². The third-order valence-corrected chi connectivity index (χ3v) is 9.53. The van der Waals surface area contributed by atoms with Crippen molar-refractivity contribution in [3.05, 3.63) is 101 Å². The minimum absolute atomic E-state index is 0.251. The smallest absolute Gasteiger partial charge is 0.254 e. The van der Waals surface area contributed by atoms with E-state index in [1.807, 2.05) is 87.5 Å². The average molecular weight is 587 g/mol. The van der Waals surface area contributed by atoms with Crippen molar-refractivity contribution in [2.45, 2.75) is 63.1 Å². The van der Waals surface area contributed by atoms with Crippen LogP contribution in [0.25, 0.3) is 0 Å². The van der Waals surface area contributed by atoms with Gasteiger partial charge in [0.25, 0.3) is 11.8 Å². The lowest BCUT2D eigenvalue weighted by Gasteiger charge is -2.33. The average Bonchev–Trinajstić information content (AvgIpc) is 3.59. The Morgan fingerprint density at radius 3 is 2.55 bits per heavy atom. The van der Waals surface area contributed by atoms with Gasteiger partial charge in [-0.25, -0.2) is 0 Å². The highest BCUT2D eigenvalue weighted by Gasteiger charge is 2.49. The molecule has 0 aliphatic carbocycles. The molecule has 220 valence electrons. The maximum atomic E-state index is 13.9. The normalized spacial score (nSPS) is 18.5. The molecule has 2 heterocycles. The number of aliphatic hydroxyl groups excluding tert-OH is 1. The van der Waals surface area contributed by atoms with Gasteiger partial charge in [-0.3, -0.25) is 14.4 Å². The molecule has 0 spiro atoms. The number of nitrogens with one attached hydrogen (secondary N) is 3. The highest BCUT2D eigenvalue weighted by atomic mass is 32.2. The summed E-state index contributed by atoms with van der Waals surface area (Å²) in [6.07, 6.45) is -0.574. The second kappa shape index (κ2) is 12.6. The van der Waals surface area contributed by atoms with E-state index in [1.165, 1.54) is 16.7 Å². The van der Waals surface area contributed by atoms with E-state index < -0.39 is 28.8 Å². The van der Waals surface area contributed by atoms with E-state index in [4.69, 9.17) is 0 Å². The number of fused-ring (bicyclic) bond motifs is 1. The summed E-state index contributed by atoms with van der Waals surface area (Å²) in [5, 5.41) is 20.8. The number of carbonyl (C=O) groups excluding carboxylic acids is 3. The maximum Gasteiger partial charge on any atom is 0.254 e. The second-order valence-electron chi connectivity index (χ2n) is 11.5. The summed E-state index contributed by atoms with van der Waals surface area (Å²) >= 11 is 1.49. The topological polar surface area (TPSA) is 111 Å². The molecule has 9 heteroatoms. The summed E-state index contributed by atoms with van der Waals surface area (Å²) in [7, 11) is 0. The molecule has 0 unspecified atom stereocenters. The fourth-order valence-corrected chi connectivity index (χ4v) is 6.89. The number of aryl methyl sites for hydroxylation is 1. The first-order valence-corrected chi connectivity index (χ1v) is 15.3. The lowest BCUT2D eigenvalue weighted by molar-refractivity contribution is -0.147. The van der Waals surface area contributed by atoms with Crippen LogP contribution in [-0.4, -0.2) is 63.1 Å².